The Balaban J connectivity index is 1.58. The molecule has 0 aliphatic rings. The Morgan fingerprint density at radius 2 is 1.68 bits per heavy atom. The molecule has 6 aromatic rings. The summed E-state index contributed by atoms with van der Waals surface area (Å²) in [5.41, 5.74) is 7.96. The van der Waals surface area contributed by atoms with E-state index in [0.29, 0.717) is 17.1 Å². The number of aromatic nitrogens is 3. The van der Waals surface area contributed by atoms with Crippen molar-refractivity contribution in [3.63, 3.8) is 0 Å². The van der Waals surface area contributed by atoms with Gasteiger partial charge in [-0.2, -0.15) is 0 Å². The zero-order chi connectivity index (χ0) is 25.8. The SMILES string of the molecule is CCc1ccc2c(c1)c1c(C)cc(Oc3nc4c(O)c(C)ccc4cc3C)cc1n2-c1cc(C)ccn1. The number of pyridine rings is 2. The van der Waals surface area contributed by atoms with Crippen molar-refractivity contribution in [1.82, 2.24) is 14.5 Å². The summed E-state index contributed by atoms with van der Waals surface area (Å²) in [4.78, 5) is 9.42. The van der Waals surface area contributed by atoms with Crippen LogP contribution in [0.3, 0.4) is 0 Å². The van der Waals surface area contributed by atoms with Crippen LogP contribution >= 0.6 is 0 Å². The highest BCUT2D eigenvalue weighted by atomic mass is 16.5. The second-order valence-corrected chi connectivity index (χ2v) is 9.88. The number of nitrogens with zero attached hydrogens (tertiary/aromatic N) is 3. The fourth-order valence-electron chi connectivity index (χ4n) is 5.17. The van der Waals surface area contributed by atoms with E-state index in [0.717, 1.165) is 50.9 Å². The van der Waals surface area contributed by atoms with Crippen molar-refractivity contribution in [2.24, 2.45) is 0 Å². The highest BCUT2D eigenvalue weighted by Gasteiger charge is 2.18. The summed E-state index contributed by atoms with van der Waals surface area (Å²) in [5.74, 6) is 2.24. The minimum absolute atomic E-state index is 0.186. The van der Waals surface area contributed by atoms with E-state index in [4.69, 9.17) is 14.7 Å². The van der Waals surface area contributed by atoms with E-state index in [2.05, 4.69) is 61.7 Å². The van der Waals surface area contributed by atoms with Gasteiger partial charge < -0.3 is 9.84 Å². The first-order valence-electron chi connectivity index (χ1n) is 12.6. The van der Waals surface area contributed by atoms with Gasteiger partial charge in [0.2, 0.25) is 5.88 Å². The molecule has 0 aliphatic heterocycles. The number of hydrogen-bond donors (Lipinski definition) is 1. The first-order valence-corrected chi connectivity index (χ1v) is 12.6. The number of aromatic hydroxyl groups is 1. The molecule has 0 amide bonds. The maximum atomic E-state index is 10.6. The van der Waals surface area contributed by atoms with Crippen molar-refractivity contribution < 1.29 is 9.84 Å². The average Bonchev–Trinajstić information content (AvgIpc) is 3.21. The number of aryl methyl sites for hydroxylation is 5. The van der Waals surface area contributed by atoms with Crippen molar-refractivity contribution in [2.75, 3.05) is 0 Å². The Hall–Kier alpha value is -4.38. The lowest BCUT2D eigenvalue weighted by atomic mass is 10.0. The van der Waals surface area contributed by atoms with Gasteiger partial charge in [0.05, 0.1) is 11.0 Å². The van der Waals surface area contributed by atoms with Crippen LogP contribution in [0.15, 0.2) is 66.9 Å². The van der Waals surface area contributed by atoms with Gasteiger partial charge in [-0.05, 0) is 92.8 Å². The van der Waals surface area contributed by atoms with E-state index in [-0.39, 0.29) is 5.75 Å². The standard InChI is InChI=1S/C32H29N3O2/c1-6-22-8-10-26-25(16-22)29-20(4)15-24(17-27(29)35(26)28-13-18(2)11-12-33-28)37-32-21(5)14-23-9-7-19(3)31(36)30(23)34-32/h7-17,36H,6H2,1-5H3. The zero-order valence-electron chi connectivity index (χ0n) is 21.8. The van der Waals surface area contributed by atoms with Crippen LogP contribution in [-0.4, -0.2) is 19.6 Å². The second-order valence-electron chi connectivity index (χ2n) is 9.88. The van der Waals surface area contributed by atoms with Gasteiger partial charge in [0.25, 0.3) is 0 Å². The maximum Gasteiger partial charge on any atom is 0.222 e. The predicted molar refractivity (Wildman–Crippen MR) is 150 cm³/mol. The Bertz CT molecular complexity index is 1850. The molecule has 3 aromatic heterocycles. The minimum Gasteiger partial charge on any atom is -0.505 e. The molecular weight excluding hydrogens is 458 g/mol. The number of hydrogen-bond acceptors (Lipinski definition) is 4. The molecule has 3 heterocycles. The van der Waals surface area contributed by atoms with E-state index in [1.807, 2.05) is 44.3 Å². The maximum absolute atomic E-state index is 10.6. The summed E-state index contributed by atoms with van der Waals surface area (Å²) >= 11 is 0. The number of phenols is 1. The normalized spacial score (nSPS) is 11.6. The molecule has 0 saturated carbocycles. The summed E-state index contributed by atoms with van der Waals surface area (Å²) in [6.07, 6.45) is 2.83. The van der Waals surface area contributed by atoms with Crippen LogP contribution in [0.1, 0.15) is 34.7 Å². The molecule has 184 valence electrons. The van der Waals surface area contributed by atoms with Gasteiger partial charge in [-0.15, -0.1) is 0 Å². The van der Waals surface area contributed by atoms with Crippen molar-refractivity contribution in [1.29, 1.82) is 0 Å². The summed E-state index contributed by atoms with van der Waals surface area (Å²) in [6, 6.07) is 20.8. The largest absolute Gasteiger partial charge is 0.505 e. The first kappa shape index (κ1) is 23.0. The second kappa shape index (κ2) is 8.63. The lowest BCUT2D eigenvalue weighted by Gasteiger charge is -2.13. The van der Waals surface area contributed by atoms with Crippen LogP contribution in [0.25, 0.3) is 38.5 Å². The Morgan fingerprint density at radius 3 is 2.46 bits per heavy atom. The van der Waals surface area contributed by atoms with Crippen LogP contribution in [0.2, 0.25) is 0 Å². The lowest BCUT2D eigenvalue weighted by molar-refractivity contribution is 0.456. The molecule has 0 saturated heterocycles. The molecule has 0 fully saturated rings. The van der Waals surface area contributed by atoms with Crippen molar-refractivity contribution in [3.8, 4) is 23.2 Å². The van der Waals surface area contributed by atoms with Crippen molar-refractivity contribution in [2.45, 2.75) is 41.0 Å². The highest BCUT2D eigenvalue weighted by Crippen LogP contribution is 2.39. The quantitative estimate of drug-likeness (QED) is 0.273. The third kappa shape index (κ3) is 3.78. The van der Waals surface area contributed by atoms with Gasteiger partial charge in [-0.3, -0.25) is 4.57 Å². The Kier molecular flexibility index (Phi) is 5.37. The molecule has 0 bridgehead atoms. The molecule has 0 unspecified atom stereocenters. The van der Waals surface area contributed by atoms with Gasteiger partial charge in [0.15, 0.2) is 0 Å². The van der Waals surface area contributed by atoms with Gasteiger partial charge in [0, 0.05) is 34.0 Å². The Morgan fingerprint density at radius 1 is 0.838 bits per heavy atom. The first-order chi connectivity index (χ1) is 17.8. The molecule has 5 heteroatoms. The number of benzene rings is 3. The number of phenolic OH excluding ortho intramolecular Hbond substituents is 1. The number of ether oxygens (including phenoxy) is 1. The summed E-state index contributed by atoms with van der Waals surface area (Å²) in [5, 5.41) is 13.9. The average molecular weight is 488 g/mol. The van der Waals surface area contributed by atoms with Gasteiger partial charge in [-0.25, -0.2) is 9.97 Å². The predicted octanol–water partition coefficient (Wildman–Crippen LogP) is 8.02. The third-order valence-electron chi connectivity index (χ3n) is 7.16. The Labute approximate surface area is 216 Å². The highest BCUT2D eigenvalue weighted by molar-refractivity contribution is 6.11. The molecule has 0 aliphatic carbocycles. The molecule has 0 spiro atoms. The third-order valence-corrected chi connectivity index (χ3v) is 7.16. The summed E-state index contributed by atoms with van der Waals surface area (Å²) in [6.45, 7) is 10.2. The van der Waals surface area contributed by atoms with E-state index in [9.17, 15) is 5.11 Å². The van der Waals surface area contributed by atoms with Crippen LogP contribution in [0.5, 0.6) is 17.4 Å². The molecule has 0 radical (unpaired) electrons. The van der Waals surface area contributed by atoms with Crippen molar-refractivity contribution in [3.05, 3.63) is 94.7 Å². The van der Waals surface area contributed by atoms with Gasteiger partial charge in [-0.1, -0.05) is 25.1 Å². The molecule has 3 aromatic carbocycles. The molecule has 1 N–H and O–H groups in total. The van der Waals surface area contributed by atoms with Gasteiger partial charge >= 0.3 is 0 Å². The monoisotopic (exact) mass is 487 g/mol. The number of rotatable bonds is 4. The van der Waals surface area contributed by atoms with Crippen LogP contribution < -0.4 is 4.74 Å². The molecule has 0 atom stereocenters. The molecule has 6 rings (SSSR count). The fraction of sp³-hybridized carbons (Fsp3) is 0.188. The van der Waals surface area contributed by atoms with Gasteiger partial charge in [0.1, 0.15) is 22.8 Å². The lowest BCUT2D eigenvalue weighted by Crippen LogP contribution is -1.98. The van der Waals surface area contributed by atoms with E-state index in [1.54, 1.807) is 0 Å². The number of fused-ring (bicyclic) bond motifs is 4. The minimum atomic E-state index is 0.186. The zero-order valence-corrected chi connectivity index (χ0v) is 21.8. The molecule has 37 heavy (non-hydrogen) atoms. The van der Waals surface area contributed by atoms with E-state index >= 15 is 0 Å². The fourth-order valence-corrected chi connectivity index (χ4v) is 5.17. The van der Waals surface area contributed by atoms with Crippen LogP contribution in [0, 0.1) is 27.7 Å². The smallest absolute Gasteiger partial charge is 0.222 e. The molecular formula is C32H29N3O2. The van der Waals surface area contributed by atoms with E-state index in [1.165, 1.54) is 16.3 Å². The molecule has 5 nitrogen and oxygen atoms in total. The van der Waals surface area contributed by atoms with E-state index < -0.39 is 0 Å². The van der Waals surface area contributed by atoms with Crippen molar-refractivity contribution >= 4 is 32.7 Å². The topological polar surface area (TPSA) is 60.2 Å². The van der Waals surface area contributed by atoms with Crippen LogP contribution in [-0.2, 0) is 6.42 Å². The summed E-state index contributed by atoms with van der Waals surface area (Å²) < 4.78 is 8.62. The van der Waals surface area contributed by atoms with Crippen LogP contribution in [0.4, 0.5) is 0 Å². The summed E-state index contributed by atoms with van der Waals surface area (Å²) in [7, 11) is 0.